The number of ketones is 3. The molecule has 14 atom stereocenters. The SMILES string of the molecule is CO[C@@H](C[C@@H]1CC[C@@H](C)[C@](O)(C(=O)C(=O)N2CCCC[C@H]2C(=O)O)O1)/C(C)=C/C=C/C=C/[C@@H](C)C[C@@H](C)C(=O)[C@H](OC)[C@@H](O)/C(C)=C/[C@@H](C)C(=O)/C=C\[C@H](C)C[C@@H]1CC[C@@H](O)[C@H](OC)C1. The van der Waals surface area contributed by atoms with Crippen LogP contribution in [-0.4, -0.2) is 131 Å². The van der Waals surface area contributed by atoms with E-state index < -0.39 is 77.8 Å². The Morgan fingerprint density at radius 1 is 0.862 bits per heavy atom. The zero-order valence-electron chi connectivity index (χ0n) is 40.5. The monoisotopic (exact) mass is 914 g/mol. The number of Topliss-reactive ketones (excluding diaryl/α,β-unsaturated/α-hetero) is 2. The number of aliphatic hydroxyl groups is 3. The third-order valence-corrected chi connectivity index (χ3v) is 13.7. The van der Waals surface area contributed by atoms with Gasteiger partial charge in [-0.3, -0.25) is 19.2 Å². The number of amides is 1. The number of rotatable bonds is 24. The van der Waals surface area contributed by atoms with Crippen molar-refractivity contribution in [2.75, 3.05) is 27.9 Å². The minimum Gasteiger partial charge on any atom is -0.480 e. The van der Waals surface area contributed by atoms with E-state index in [4.69, 9.17) is 18.9 Å². The van der Waals surface area contributed by atoms with Gasteiger partial charge in [-0.25, -0.2) is 4.79 Å². The number of allylic oxidation sites excluding steroid dienone is 8. The number of carboxylic acids is 1. The molecule has 65 heavy (non-hydrogen) atoms. The van der Waals surface area contributed by atoms with Gasteiger partial charge in [0.1, 0.15) is 18.2 Å². The fourth-order valence-corrected chi connectivity index (χ4v) is 9.48. The lowest BCUT2D eigenvalue weighted by molar-refractivity contribution is -0.265. The predicted molar refractivity (Wildman–Crippen MR) is 247 cm³/mol. The van der Waals surface area contributed by atoms with Crippen LogP contribution in [0.2, 0.25) is 0 Å². The summed E-state index contributed by atoms with van der Waals surface area (Å²) in [6, 6.07) is -1.12. The first-order valence-electron chi connectivity index (χ1n) is 23.6. The molecule has 14 heteroatoms. The van der Waals surface area contributed by atoms with E-state index in [1.54, 1.807) is 47.1 Å². The maximum Gasteiger partial charge on any atom is 0.326 e. The third-order valence-electron chi connectivity index (χ3n) is 13.7. The summed E-state index contributed by atoms with van der Waals surface area (Å²) < 4.78 is 22.7. The highest BCUT2D eigenvalue weighted by molar-refractivity contribution is 6.39. The summed E-state index contributed by atoms with van der Waals surface area (Å²) in [5.74, 6) is -7.06. The predicted octanol–water partition coefficient (Wildman–Crippen LogP) is 6.51. The molecule has 3 fully saturated rings. The molecular formula is C51H79NO13. The highest BCUT2D eigenvalue weighted by atomic mass is 16.6. The first kappa shape index (κ1) is 55.7. The van der Waals surface area contributed by atoms with Crippen molar-refractivity contribution in [1.29, 1.82) is 0 Å². The van der Waals surface area contributed by atoms with Gasteiger partial charge in [0.05, 0.1) is 24.4 Å². The standard InChI is InChI=1S/C51H79NO13/c1-31(26-35(5)45(55)47(64-10)46(56)36(6)28-34(4)41(53)23-19-32(2)27-38-21-24-42(54)44(29-38)63-9)16-12-11-13-17-33(3)43(62-8)30-39-22-20-37(7)51(61,65-39)48(57)49(58)52-25-15-14-18-40(52)50(59)60/h11-13,16-17,19,23,28,31-32,34-35,37-40,42-44,46-47,54,56,61H,14-15,18,20-22,24-27,29-30H2,1-10H3,(H,59,60)/b13-11+,16-12+,23-19-,33-17+,36-28+/t31-,32+,34-,35-,37-,38+,39+,40+,42-,43+,44-,46+,47+,51-/m1/s1. The van der Waals surface area contributed by atoms with Crippen molar-refractivity contribution in [1.82, 2.24) is 4.90 Å². The second-order valence-corrected chi connectivity index (χ2v) is 19.0. The van der Waals surface area contributed by atoms with Crippen LogP contribution in [0.4, 0.5) is 0 Å². The molecule has 0 spiro atoms. The molecule has 366 valence electrons. The number of aliphatic carboxylic acids is 1. The van der Waals surface area contributed by atoms with Gasteiger partial charge in [-0.15, -0.1) is 0 Å². The first-order chi connectivity index (χ1) is 30.7. The van der Waals surface area contributed by atoms with Gasteiger partial charge in [0.2, 0.25) is 5.79 Å². The number of likely N-dealkylation sites (tertiary alicyclic amines) is 1. The Hall–Kier alpha value is -3.63. The van der Waals surface area contributed by atoms with Gasteiger partial charge in [-0.1, -0.05) is 77.2 Å². The normalized spacial score (nSPS) is 29.3. The zero-order chi connectivity index (χ0) is 48.6. The Balaban J connectivity index is 1.51. The Morgan fingerprint density at radius 2 is 1.57 bits per heavy atom. The van der Waals surface area contributed by atoms with E-state index in [1.165, 1.54) is 7.11 Å². The Morgan fingerprint density at radius 3 is 2.22 bits per heavy atom. The average Bonchev–Trinajstić information content (AvgIpc) is 3.28. The van der Waals surface area contributed by atoms with E-state index in [-0.39, 0.29) is 42.5 Å². The molecule has 14 nitrogen and oxygen atoms in total. The number of methoxy groups -OCH3 is 3. The smallest absolute Gasteiger partial charge is 0.326 e. The third kappa shape index (κ3) is 16.0. The number of hydrogen-bond acceptors (Lipinski definition) is 12. The molecule has 0 aromatic heterocycles. The quantitative estimate of drug-likeness (QED) is 0.0353. The van der Waals surface area contributed by atoms with Crippen LogP contribution in [0.3, 0.4) is 0 Å². The van der Waals surface area contributed by atoms with Crippen LogP contribution in [0.5, 0.6) is 0 Å². The molecule has 3 rings (SSSR count). The molecule has 0 bridgehead atoms. The number of piperidine rings is 1. The van der Waals surface area contributed by atoms with Crippen LogP contribution >= 0.6 is 0 Å². The molecule has 1 saturated carbocycles. The number of carbonyl (C=O) groups excluding carboxylic acids is 4. The first-order valence-corrected chi connectivity index (χ1v) is 23.6. The van der Waals surface area contributed by atoms with E-state index >= 15 is 0 Å². The molecule has 1 amide bonds. The minimum absolute atomic E-state index is 0.0173. The Kier molecular flexibility index (Phi) is 22.8. The van der Waals surface area contributed by atoms with Crippen molar-refractivity contribution in [2.24, 2.45) is 35.5 Å². The summed E-state index contributed by atoms with van der Waals surface area (Å²) in [6.07, 6.45) is 17.4. The number of ether oxygens (including phenoxy) is 4. The van der Waals surface area contributed by atoms with Crippen molar-refractivity contribution in [3.8, 4) is 0 Å². The molecular weight excluding hydrogens is 835 g/mol. The van der Waals surface area contributed by atoms with Crippen molar-refractivity contribution in [3.05, 3.63) is 59.8 Å². The maximum absolute atomic E-state index is 13.5. The van der Waals surface area contributed by atoms with E-state index in [9.17, 15) is 44.4 Å². The Labute approximate surface area is 387 Å². The zero-order valence-corrected chi connectivity index (χ0v) is 40.5. The topological polar surface area (TPSA) is 206 Å². The van der Waals surface area contributed by atoms with Gasteiger partial charge in [0.25, 0.3) is 11.7 Å². The summed E-state index contributed by atoms with van der Waals surface area (Å²) in [4.78, 5) is 66.1. The van der Waals surface area contributed by atoms with Crippen LogP contribution in [0.1, 0.15) is 119 Å². The molecule has 2 aliphatic heterocycles. The highest BCUT2D eigenvalue weighted by Gasteiger charge is 2.52. The molecule has 0 unspecified atom stereocenters. The minimum atomic E-state index is -2.38. The molecule has 2 saturated heterocycles. The number of nitrogens with zero attached hydrogens (tertiary/aromatic N) is 1. The molecule has 0 aromatic rings. The molecule has 1 aliphatic carbocycles. The van der Waals surface area contributed by atoms with Crippen LogP contribution in [0.25, 0.3) is 0 Å². The van der Waals surface area contributed by atoms with Gasteiger partial charge in [-0.05, 0) is 113 Å². The highest BCUT2D eigenvalue weighted by Crippen LogP contribution is 2.37. The average molecular weight is 914 g/mol. The van der Waals surface area contributed by atoms with Crippen LogP contribution in [-0.2, 0) is 42.9 Å². The van der Waals surface area contributed by atoms with Gasteiger partial charge in [-0.2, -0.15) is 0 Å². The summed E-state index contributed by atoms with van der Waals surface area (Å²) in [7, 11) is 4.58. The van der Waals surface area contributed by atoms with Crippen molar-refractivity contribution >= 4 is 29.2 Å². The van der Waals surface area contributed by atoms with Gasteiger partial charge in [0, 0.05) is 52.0 Å². The van der Waals surface area contributed by atoms with E-state index in [1.807, 2.05) is 57.2 Å². The summed E-state index contributed by atoms with van der Waals surface area (Å²) in [5.41, 5.74) is 1.35. The van der Waals surface area contributed by atoms with Crippen LogP contribution in [0.15, 0.2) is 59.8 Å². The molecule has 3 aliphatic rings. The van der Waals surface area contributed by atoms with Crippen LogP contribution in [0, 0.1) is 35.5 Å². The van der Waals surface area contributed by atoms with E-state index in [2.05, 4.69) is 6.92 Å². The second-order valence-electron chi connectivity index (χ2n) is 19.0. The number of carboxylic acid groups (broad SMARTS) is 1. The summed E-state index contributed by atoms with van der Waals surface area (Å²) in [6.45, 7) is 13.0. The number of aliphatic hydroxyl groups excluding tert-OH is 2. The van der Waals surface area contributed by atoms with Crippen molar-refractivity contribution in [2.45, 2.75) is 168 Å². The fraction of sp³-hybridized carbons (Fsp3) is 0.706. The lowest BCUT2D eigenvalue weighted by atomic mass is 9.80. The largest absolute Gasteiger partial charge is 0.480 e. The van der Waals surface area contributed by atoms with Crippen LogP contribution < -0.4 is 0 Å². The number of carbonyl (C=O) groups is 5. The second kappa shape index (κ2) is 26.6. The van der Waals surface area contributed by atoms with E-state index in [0.717, 1.165) is 29.7 Å². The maximum atomic E-state index is 13.5. The Bertz CT molecular complexity index is 1750. The molecule has 0 aromatic carbocycles. The fourth-order valence-electron chi connectivity index (χ4n) is 9.48. The van der Waals surface area contributed by atoms with Gasteiger partial charge >= 0.3 is 5.97 Å². The molecule has 4 N–H and O–H groups in total. The number of hydrogen-bond donors (Lipinski definition) is 4. The van der Waals surface area contributed by atoms with Gasteiger partial charge in [0.15, 0.2) is 11.6 Å². The lowest BCUT2D eigenvalue weighted by Crippen LogP contribution is -2.60. The van der Waals surface area contributed by atoms with Crippen molar-refractivity contribution < 1.29 is 63.3 Å². The van der Waals surface area contributed by atoms with Gasteiger partial charge < -0.3 is 44.3 Å². The lowest BCUT2D eigenvalue weighted by Gasteiger charge is -2.42. The summed E-state index contributed by atoms with van der Waals surface area (Å²) >= 11 is 0. The summed E-state index contributed by atoms with van der Waals surface area (Å²) in [5, 5.41) is 42.4. The molecule has 2 heterocycles. The van der Waals surface area contributed by atoms with Crippen molar-refractivity contribution in [3.63, 3.8) is 0 Å². The molecule has 0 radical (unpaired) electrons. The van der Waals surface area contributed by atoms with E-state index in [0.29, 0.717) is 56.4 Å².